The highest BCUT2D eigenvalue weighted by molar-refractivity contribution is 6.00. The van der Waals surface area contributed by atoms with Crippen molar-refractivity contribution in [3.8, 4) is 0 Å². The van der Waals surface area contributed by atoms with Gasteiger partial charge in [-0.3, -0.25) is 4.79 Å². The average Bonchev–Trinajstić information content (AvgIpc) is 2.67. The number of carbonyl (C=O) groups excluding carboxylic acids is 1. The lowest BCUT2D eigenvalue weighted by Gasteiger charge is -2.07. The molecular weight excluding hydrogens is 214 g/mol. The summed E-state index contributed by atoms with van der Waals surface area (Å²) >= 11 is 0. The van der Waals surface area contributed by atoms with Crippen molar-refractivity contribution < 1.29 is 4.79 Å². The number of Topliss-reactive ketones (excluding diaryl/α,β-unsaturated/α-hetero) is 1. The van der Waals surface area contributed by atoms with Gasteiger partial charge < -0.3 is 9.88 Å². The van der Waals surface area contributed by atoms with Crippen molar-refractivity contribution in [1.29, 1.82) is 0 Å². The largest absolute Gasteiger partial charge is 0.334 e. The first kappa shape index (κ1) is 11.8. The van der Waals surface area contributed by atoms with E-state index in [-0.39, 0.29) is 5.78 Å². The molecule has 17 heavy (non-hydrogen) atoms. The second kappa shape index (κ2) is 4.67. The third-order valence-electron chi connectivity index (χ3n) is 2.72. The second-order valence-electron chi connectivity index (χ2n) is 4.52. The summed E-state index contributed by atoms with van der Waals surface area (Å²) in [6.07, 6.45) is 1.76. The van der Waals surface area contributed by atoms with Gasteiger partial charge in [-0.2, -0.15) is 0 Å². The molecule has 2 rings (SSSR count). The predicted octanol–water partition coefficient (Wildman–Crippen LogP) is 1.75. The first-order valence-electron chi connectivity index (χ1n) is 5.75. The van der Waals surface area contributed by atoms with Gasteiger partial charge in [0.15, 0.2) is 5.78 Å². The maximum Gasteiger partial charge on any atom is 0.176 e. The standard InChI is InChI=1S/C13H17N3O/c1-9(2)14-7-13(17)10-4-5-12-11(6-10)15-8-16(12)3/h4-6,8-9,14H,7H2,1-3H3. The molecule has 4 nitrogen and oxygen atoms in total. The van der Waals surface area contributed by atoms with Crippen LogP contribution in [0, 0.1) is 0 Å². The van der Waals surface area contributed by atoms with Gasteiger partial charge in [-0.15, -0.1) is 0 Å². The Hall–Kier alpha value is -1.68. The normalized spacial score (nSPS) is 11.3. The van der Waals surface area contributed by atoms with Crippen LogP contribution in [0.2, 0.25) is 0 Å². The summed E-state index contributed by atoms with van der Waals surface area (Å²) in [5, 5.41) is 3.12. The van der Waals surface area contributed by atoms with Crippen LogP contribution in [0.15, 0.2) is 24.5 Å². The van der Waals surface area contributed by atoms with Gasteiger partial charge >= 0.3 is 0 Å². The molecule has 4 heteroatoms. The molecule has 2 aromatic rings. The zero-order valence-electron chi connectivity index (χ0n) is 10.4. The molecule has 0 aliphatic rings. The Bertz CT molecular complexity index is 543. The number of aryl methyl sites for hydroxylation is 1. The summed E-state index contributed by atoms with van der Waals surface area (Å²) in [7, 11) is 1.94. The van der Waals surface area contributed by atoms with Gasteiger partial charge in [-0.1, -0.05) is 13.8 Å². The van der Waals surface area contributed by atoms with Gasteiger partial charge in [0.05, 0.1) is 23.9 Å². The molecule has 0 amide bonds. The summed E-state index contributed by atoms with van der Waals surface area (Å²) in [4.78, 5) is 16.1. The van der Waals surface area contributed by atoms with Gasteiger partial charge in [-0.25, -0.2) is 4.98 Å². The number of hydrogen-bond donors (Lipinski definition) is 1. The Kier molecular flexibility index (Phi) is 3.24. The predicted molar refractivity (Wildman–Crippen MR) is 68.2 cm³/mol. The number of fused-ring (bicyclic) bond motifs is 1. The van der Waals surface area contributed by atoms with Crippen molar-refractivity contribution in [1.82, 2.24) is 14.9 Å². The van der Waals surface area contributed by atoms with Crippen molar-refractivity contribution in [2.45, 2.75) is 19.9 Å². The molecule has 0 atom stereocenters. The lowest BCUT2D eigenvalue weighted by atomic mass is 10.1. The van der Waals surface area contributed by atoms with Crippen molar-refractivity contribution >= 4 is 16.8 Å². The molecule has 90 valence electrons. The minimum absolute atomic E-state index is 0.103. The molecule has 0 aliphatic heterocycles. The number of imidazole rings is 1. The Balaban J connectivity index is 2.21. The van der Waals surface area contributed by atoms with Crippen LogP contribution in [-0.4, -0.2) is 27.9 Å². The highest BCUT2D eigenvalue weighted by Crippen LogP contribution is 2.14. The zero-order valence-corrected chi connectivity index (χ0v) is 10.4. The van der Waals surface area contributed by atoms with Crippen LogP contribution < -0.4 is 5.32 Å². The van der Waals surface area contributed by atoms with E-state index in [0.717, 1.165) is 11.0 Å². The number of nitrogens with zero attached hydrogens (tertiary/aromatic N) is 2. The van der Waals surface area contributed by atoms with Crippen LogP contribution in [0.1, 0.15) is 24.2 Å². The van der Waals surface area contributed by atoms with Gasteiger partial charge in [0, 0.05) is 18.7 Å². The average molecular weight is 231 g/mol. The van der Waals surface area contributed by atoms with E-state index < -0.39 is 0 Å². The number of carbonyl (C=O) groups is 1. The smallest absolute Gasteiger partial charge is 0.176 e. The van der Waals surface area contributed by atoms with Crippen molar-refractivity contribution in [2.24, 2.45) is 7.05 Å². The molecule has 0 saturated carbocycles. The first-order valence-corrected chi connectivity index (χ1v) is 5.75. The van der Waals surface area contributed by atoms with E-state index in [2.05, 4.69) is 10.3 Å². The Morgan fingerprint density at radius 3 is 2.94 bits per heavy atom. The van der Waals surface area contributed by atoms with Gasteiger partial charge in [0.1, 0.15) is 0 Å². The molecule has 0 bridgehead atoms. The molecule has 1 aromatic carbocycles. The highest BCUT2D eigenvalue weighted by atomic mass is 16.1. The van der Waals surface area contributed by atoms with Gasteiger partial charge in [0.25, 0.3) is 0 Å². The number of aromatic nitrogens is 2. The Morgan fingerprint density at radius 1 is 1.47 bits per heavy atom. The molecule has 0 saturated heterocycles. The van der Waals surface area contributed by atoms with E-state index in [4.69, 9.17) is 0 Å². The highest BCUT2D eigenvalue weighted by Gasteiger charge is 2.08. The third-order valence-corrected chi connectivity index (χ3v) is 2.72. The van der Waals surface area contributed by atoms with Crippen molar-refractivity contribution in [3.05, 3.63) is 30.1 Å². The van der Waals surface area contributed by atoms with Crippen LogP contribution in [0.3, 0.4) is 0 Å². The Labute approximate surface area is 101 Å². The quantitative estimate of drug-likeness (QED) is 0.815. The molecule has 1 aromatic heterocycles. The maximum atomic E-state index is 11.9. The first-order chi connectivity index (χ1) is 8.08. The van der Waals surface area contributed by atoms with Gasteiger partial charge in [-0.05, 0) is 18.2 Å². The fourth-order valence-corrected chi connectivity index (χ4v) is 1.71. The minimum atomic E-state index is 0.103. The Morgan fingerprint density at radius 2 is 2.24 bits per heavy atom. The fraction of sp³-hybridized carbons (Fsp3) is 0.385. The summed E-state index contributed by atoms with van der Waals surface area (Å²) in [6, 6.07) is 5.96. The lowest BCUT2D eigenvalue weighted by molar-refractivity contribution is 0.0988. The molecule has 0 spiro atoms. The van der Waals surface area contributed by atoms with Gasteiger partial charge in [0.2, 0.25) is 0 Å². The number of hydrogen-bond acceptors (Lipinski definition) is 3. The molecule has 0 unspecified atom stereocenters. The summed E-state index contributed by atoms with van der Waals surface area (Å²) in [6.45, 7) is 4.42. The van der Waals surface area contributed by atoms with Crippen molar-refractivity contribution in [3.63, 3.8) is 0 Å². The fourth-order valence-electron chi connectivity index (χ4n) is 1.71. The maximum absolute atomic E-state index is 11.9. The van der Waals surface area contributed by atoms with E-state index in [0.29, 0.717) is 18.2 Å². The van der Waals surface area contributed by atoms with Crippen molar-refractivity contribution in [2.75, 3.05) is 6.54 Å². The molecule has 0 radical (unpaired) electrons. The molecule has 1 N–H and O–H groups in total. The van der Waals surface area contributed by atoms with E-state index in [1.165, 1.54) is 0 Å². The second-order valence-corrected chi connectivity index (χ2v) is 4.52. The molecule has 1 heterocycles. The van der Waals surface area contributed by atoms with Crippen LogP contribution in [0.25, 0.3) is 11.0 Å². The van der Waals surface area contributed by atoms with E-state index >= 15 is 0 Å². The van der Waals surface area contributed by atoms with Crippen LogP contribution in [-0.2, 0) is 7.05 Å². The van der Waals surface area contributed by atoms with Crippen LogP contribution in [0.4, 0.5) is 0 Å². The van der Waals surface area contributed by atoms with Crippen LogP contribution in [0.5, 0.6) is 0 Å². The molecule has 0 aliphatic carbocycles. The molecule has 0 fully saturated rings. The number of rotatable bonds is 4. The third kappa shape index (κ3) is 2.53. The monoisotopic (exact) mass is 231 g/mol. The summed E-state index contributed by atoms with van der Waals surface area (Å²) in [5.74, 6) is 0.103. The summed E-state index contributed by atoms with van der Waals surface area (Å²) < 4.78 is 1.94. The molecular formula is C13H17N3O. The number of nitrogens with one attached hydrogen (secondary N) is 1. The van der Waals surface area contributed by atoms with E-state index in [1.54, 1.807) is 6.33 Å². The zero-order chi connectivity index (χ0) is 12.4. The van der Waals surface area contributed by atoms with E-state index in [9.17, 15) is 4.79 Å². The number of benzene rings is 1. The summed E-state index contributed by atoms with van der Waals surface area (Å²) in [5.41, 5.74) is 2.62. The van der Waals surface area contributed by atoms with Crippen LogP contribution >= 0.6 is 0 Å². The lowest BCUT2D eigenvalue weighted by Crippen LogP contribution is -2.29. The SMILES string of the molecule is CC(C)NCC(=O)c1ccc2c(c1)ncn2C. The topological polar surface area (TPSA) is 46.9 Å². The minimum Gasteiger partial charge on any atom is -0.334 e. The number of ketones is 1. The van der Waals surface area contributed by atoms with E-state index in [1.807, 2.05) is 43.7 Å².